The average molecular weight is 381 g/mol. The smallest absolute Gasteiger partial charge is 0.306 e. The van der Waals surface area contributed by atoms with E-state index in [0.29, 0.717) is 6.42 Å². The first-order valence-electron chi connectivity index (χ1n) is 10.9. The van der Waals surface area contributed by atoms with Gasteiger partial charge in [-0.05, 0) is 44.9 Å². The summed E-state index contributed by atoms with van der Waals surface area (Å²) < 4.78 is 17.2. The van der Waals surface area contributed by atoms with Gasteiger partial charge in [0.2, 0.25) is 0 Å². The van der Waals surface area contributed by atoms with Gasteiger partial charge in [0.05, 0.1) is 6.10 Å². The molecule has 1 aliphatic heterocycles. The molecule has 0 N–H and O–H groups in total. The minimum Gasteiger partial charge on any atom is -0.462 e. The third-order valence-electron chi connectivity index (χ3n) is 4.95. The van der Waals surface area contributed by atoms with Crippen LogP contribution in [0.1, 0.15) is 90.4 Å². The summed E-state index contributed by atoms with van der Waals surface area (Å²) in [6, 6.07) is 0. The van der Waals surface area contributed by atoms with Crippen LogP contribution in [0.5, 0.6) is 0 Å². The van der Waals surface area contributed by atoms with Crippen LogP contribution < -0.4 is 0 Å². The normalized spacial score (nSPS) is 19.2. The number of esters is 1. The van der Waals surface area contributed by atoms with Gasteiger partial charge < -0.3 is 14.2 Å². The first-order chi connectivity index (χ1) is 13.2. The first-order valence-corrected chi connectivity index (χ1v) is 10.9. The fraction of sp³-hybridized carbons (Fsp3) is 0.783. The molecular weight excluding hydrogens is 340 g/mol. The lowest BCUT2D eigenvalue weighted by molar-refractivity contribution is -0.179. The van der Waals surface area contributed by atoms with Gasteiger partial charge in [0, 0.05) is 19.4 Å². The lowest BCUT2D eigenvalue weighted by Gasteiger charge is -2.26. The van der Waals surface area contributed by atoms with E-state index in [9.17, 15) is 4.79 Å². The number of rotatable bonds is 16. The highest BCUT2D eigenvalue weighted by Gasteiger charge is 2.19. The summed E-state index contributed by atoms with van der Waals surface area (Å²) in [4.78, 5) is 12.2. The standard InChI is InChI=1S/C23H40O4/c1-4-7-8-9-10-15-21(14-5-2)26-22(24)17-13-16-20(6-3)27-23-18-11-12-19-25-23/h5-6,20-21,23H,2-4,7-19H2,1H3/t20-,21+,23?/m0/s1. The highest BCUT2D eigenvalue weighted by molar-refractivity contribution is 5.69. The second-order valence-corrected chi connectivity index (χ2v) is 7.44. The Balaban J connectivity index is 2.21. The first kappa shape index (κ1) is 23.9. The van der Waals surface area contributed by atoms with Gasteiger partial charge in [0.25, 0.3) is 0 Å². The summed E-state index contributed by atoms with van der Waals surface area (Å²) >= 11 is 0. The molecule has 1 heterocycles. The quantitative estimate of drug-likeness (QED) is 0.184. The van der Waals surface area contributed by atoms with Crippen molar-refractivity contribution in [3.63, 3.8) is 0 Å². The Morgan fingerprint density at radius 3 is 2.63 bits per heavy atom. The van der Waals surface area contributed by atoms with Crippen LogP contribution >= 0.6 is 0 Å². The second kappa shape index (κ2) is 15.9. The average Bonchev–Trinajstić information content (AvgIpc) is 2.68. The van der Waals surface area contributed by atoms with Crippen LogP contribution in [-0.4, -0.2) is 31.1 Å². The van der Waals surface area contributed by atoms with Crippen molar-refractivity contribution >= 4 is 5.97 Å². The molecule has 1 unspecified atom stereocenters. The molecule has 1 rings (SSSR count). The highest BCUT2D eigenvalue weighted by Crippen LogP contribution is 2.19. The van der Waals surface area contributed by atoms with Gasteiger partial charge in [0.15, 0.2) is 6.29 Å². The lowest BCUT2D eigenvalue weighted by atomic mass is 10.1. The molecule has 0 bridgehead atoms. The van der Waals surface area contributed by atoms with Crippen molar-refractivity contribution in [2.45, 2.75) is 109 Å². The molecule has 0 aromatic carbocycles. The number of carbonyl (C=O) groups excluding carboxylic acids is 1. The van der Waals surface area contributed by atoms with Crippen LogP contribution in [-0.2, 0) is 19.0 Å². The zero-order valence-electron chi connectivity index (χ0n) is 17.3. The van der Waals surface area contributed by atoms with E-state index in [2.05, 4.69) is 20.1 Å². The third kappa shape index (κ3) is 12.0. The Morgan fingerprint density at radius 2 is 1.96 bits per heavy atom. The molecule has 156 valence electrons. The number of carbonyl (C=O) groups is 1. The monoisotopic (exact) mass is 380 g/mol. The van der Waals surface area contributed by atoms with E-state index < -0.39 is 0 Å². The van der Waals surface area contributed by atoms with Crippen LogP contribution in [0.3, 0.4) is 0 Å². The van der Waals surface area contributed by atoms with E-state index in [4.69, 9.17) is 14.2 Å². The van der Waals surface area contributed by atoms with E-state index in [1.807, 2.05) is 6.08 Å². The molecule has 0 saturated carbocycles. The Hall–Kier alpha value is -1.13. The molecule has 0 aromatic rings. The summed E-state index contributed by atoms with van der Waals surface area (Å²) in [5.41, 5.74) is 0. The highest BCUT2D eigenvalue weighted by atomic mass is 16.7. The van der Waals surface area contributed by atoms with Crippen molar-refractivity contribution in [1.82, 2.24) is 0 Å². The van der Waals surface area contributed by atoms with E-state index in [-0.39, 0.29) is 24.5 Å². The second-order valence-electron chi connectivity index (χ2n) is 7.44. The number of hydrogen-bond donors (Lipinski definition) is 0. The topological polar surface area (TPSA) is 44.8 Å². The summed E-state index contributed by atoms with van der Waals surface area (Å²) in [5.74, 6) is -0.118. The lowest BCUT2D eigenvalue weighted by Crippen LogP contribution is -2.27. The van der Waals surface area contributed by atoms with Gasteiger partial charge in [-0.2, -0.15) is 0 Å². The van der Waals surface area contributed by atoms with E-state index in [0.717, 1.165) is 58.0 Å². The number of unbranched alkanes of at least 4 members (excludes halogenated alkanes) is 4. The zero-order chi connectivity index (χ0) is 19.7. The van der Waals surface area contributed by atoms with Gasteiger partial charge in [0.1, 0.15) is 6.10 Å². The van der Waals surface area contributed by atoms with Crippen molar-refractivity contribution in [2.24, 2.45) is 0 Å². The van der Waals surface area contributed by atoms with Crippen LogP contribution in [0.15, 0.2) is 25.3 Å². The van der Waals surface area contributed by atoms with Crippen LogP contribution in [0, 0.1) is 0 Å². The Labute approximate surface area is 166 Å². The molecule has 4 nitrogen and oxygen atoms in total. The van der Waals surface area contributed by atoms with Gasteiger partial charge in [-0.15, -0.1) is 13.2 Å². The minimum absolute atomic E-state index is 0.0290. The SMILES string of the molecule is C=CC[C@H](CCCCCCC)OC(=O)CCC[C@H](C=C)OC1CCCCO1. The van der Waals surface area contributed by atoms with E-state index >= 15 is 0 Å². The summed E-state index contributed by atoms with van der Waals surface area (Å²) in [5, 5.41) is 0. The summed E-state index contributed by atoms with van der Waals surface area (Å²) in [6.45, 7) is 10.6. The zero-order valence-corrected chi connectivity index (χ0v) is 17.3. The molecule has 0 spiro atoms. The largest absolute Gasteiger partial charge is 0.462 e. The van der Waals surface area contributed by atoms with Gasteiger partial charge in [-0.25, -0.2) is 0 Å². The van der Waals surface area contributed by atoms with Crippen LogP contribution in [0.25, 0.3) is 0 Å². The van der Waals surface area contributed by atoms with Gasteiger partial charge in [-0.3, -0.25) is 4.79 Å². The van der Waals surface area contributed by atoms with Crippen molar-refractivity contribution in [2.75, 3.05) is 6.61 Å². The van der Waals surface area contributed by atoms with E-state index in [1.165, 1.54) is 25.7 Å². The van der Waals surface area contributed by atoms with Crippen molar-refractivity contribution in [3.8, 4) is 0 Å². The van der Waals surface area contributed by atoms with E-state index in [1.54, 1.807) is 6.08 Å². The molecule has 1 fully saturated rings. The number of hydrogen-bond acceptors (Lipinski definition) is 4. The molecule has 3 atom stereocenters. The van der Waals surface area contributed by atoms with Gasteiger partial charge >= 0.3 is 5.97 Å². The summed E-state index contributed by atoms with van der Waals surface area (Å²) in [6.07, 6.45) is 16.3. The van der Waals surface area contributed by atoms with Crippen LogP contribution in [0.2, 0.25) is 0 Å². The molecule has 4 heteroatoms. The molecule has 0 amide bonds. The fourth-order valence-electron chi connectivity index (χ4n) is 3.33. The predicted molar refractivity (Wildman–Crippen MR) is 111 cm³/mol. The van der Waals surface area contributed by atoms with Crippen molar-refractivity contribution in [3.05, 3.63) is 25.3 Å². The van der Waals surface area contributed by atoms with Crippen molar-refractivity contribution in [1.29, 1.82) is 0 Å². The maximum absolute atomic E-state index is 12.2. The van der Waals surface area contributed by atoms with Gasteiger partial charge in [-0.1, -0.05) is 44.8 Å². The fourth-order valence-corrected chi connectivity index (χ4v) is 3.33. The Bertz CT molecular complexity index is 401. The third-order valence-corrected chi connectivity index (χ3v) is 4.95. The predicted octanol–water partition coefficient (Wildman–Crippen LogP) is 6.10. The maximum atomic E-state index is 12.2. The molecule has 1 aliphatic rings. The molecule has 0 aromatic heterocycles. The van der Waals surface area contributed by atoms with Crippen molar-refractivity contribution < 1.29 is 19.0 Å². The molecular formula is C23H40O4. The minimum atomic E-state index is -0.126. The molecule has 27 heavy (non-hydrogen) atoms. The number of ether oxygens (including phenoxy) is 3. The molecule has 0 aliphatic carbocycles. The molecule has 0 radical (unpaired) electrons. The Morgan fingerprint density at radius 1 is 1.15 bits per heavy atom. The maximum Gasteiger partial charge on any atom is 0.306 e. The molecule has 1 saturated heterocycles. The summed E-state index contributed by atoms with van der Waals surface area (Å²) in [7, 11) is 0. The van der Waals surface area contributed by atoms with Crippen LogP contribution in [0.4, 0.5) is 0 Å². The Kier molecular flexibility index (Phi) is 14.1.